The summed E-state index contributed by atoms with van der Waals surface area (Å²) in [5.41, 5.74) is -0.331. The molecule has 0 aromatic carbocycles. The molecule has 0 saturated heterocycles. The quantitative estimate of drug-likeness (QED) is 0.681. The monoisotopic (exact) mass is 201 g/mol. The standard InChI is InChI=1S/C10H19NO3/c1-9(2)3-5-10(14-11,6-4-9)7-8(12)13/h3-7,11H2,1-2H3,(H,12,13). The van der Waals surface area contributed by atoms with Gasteiger partial charge in [-0.15, -0.1) is 0 Å². The van der Waals surface area contributed by atoms with Gasteiger partial charge in [-0.1, -0.05) is 13.8 Å². The highest BCUT2D eigenvalue weighted by atomic mass is 16.6. The van der Waals surface area contributed by atoms with Crippen LogP contribution in [0, 0.1) is 5.41 Å². The third-order valence-corrected chi connectivity index (χ3v) is 3.24. The van der Waals surface area contributed by atoms with Gasteiger partial charge in [0.25, 0.3) is 0 Å². The van der Waals surface area contributed by atoms with Crippen molar-refractivity contribution in [3.8, 4) is 0 Å². The first-order chi connectivity index (χ1) is 6.39. The number of hydrogen-bond acceptors (Lipinski definition) is 3. The van der Waals surface area contributed by atoms with Crippen molar-refractivity contribution in [2.75, 3.05) is 0 Å². The van der Waals surface area contributed by atoms with Gasteiger partial charge in [-0.3, -0.25) is 9.63 Å². The molecule has 1 rings (SSSR count). The molecule has 0 atom stereocenters. The van der Waals surface area contributed by atoms with Crippen LogP contribution in [0.2, 0.25) is 0 Å². The summed E-state index contributed by atoms with van der Waals surface area (Å²) in [6, 6.07) is 0. The van der Waals surface area contributed by atoms with Gasteiger partial charge in [0.15, 0.2) is 0 Å². The molecule has 0 unspecified atom stereocenters. The lowest BCUT2D eigenvalue weighted by molar-refractivity contribution is -0.151. The van der Waals surface area contributed by atoms with Gasteiger partial charge < -0.3 is 5.11 Å². The van der Waals surface area contributed by atoms with E-state index in [1.54, 1.807) is 0 Å². The maximum absolute atomic E-state index is 10.7. The van der Waals surface area contributed by atoms with E-state index in [1.807, 2.05) is 0 Å². The highest BCUT2D eigenvalue weighted by Gasteiger charge is 2.40. The van der Waals surface area contributed by atoms with E-state index in [9.17, 15) is 4.79 Å². The topological polar surface area (TPSA) is 72.5 Å². The van der Waals surface area contributed by atoms with E-state index in [4.69, 9.17) is 15.8 Å². The normalized spacial score (nSPS) is 24.5. The molecule has 0 heterocycles. The fraction of sp³-hybridized carbons (Fsp3) is 0.900. The second-order valence-electron chi connectivity index (χ2n) is 5.04. The summed E-state index contributed by atoms with van der Waals surface area (Å²) in [6.45, 7) is 4.38. The molecule has 3 N–H and O–H groups in total. The van der Waals surface area contributed by atoms with Crippen molar-refractivity contribution in [1.29, 1.82) is 0 Å². The highest BCUT2D eigenvalue weighted by molar-refractivity contribution is 5.68. The lowest BCUT2D eigenvalue weighted by Gasteiger charge is -2.41. The van der Waals surface area contributed by atoms with Crippen LogP contribution >= 0.6 is 0 Å². The number of nitrogens with two attached hydrogens (primary N) is 1. The third-order valence-electron chi connectivity index (χ3n) is 3.24. The Kier molecular flexibility index (Phi) is 3.17. The molecule has 4 nitrogen and oxygen atoms in total. The molecule has 1 fully saturated rings. The van der Waals surface area contributed by atoms with Gasteiger partial charge in [-0.2, -0.15) is 0 Å². The molecule has 1 aliphatic carbocycles. The predicted octanol–water partition coefficient (Wildman–Crippen LogP) is 1.69. The van der Waals surface area contributed by atoms with Gasteiger partial charge in [-0.05, 0) is 31.1 Å². The number of rotatable bonds is 3. The number of carboxylic acid groups (broad SMARTS) is 1. The number of carboxylic acids is 1. The molecule has 0 bridgehead atoms. The maximum Gasteiger partial charge on any atom is 0.306 e. The Morgan fingerprint density at radius 3 is 2.21 bits per heavy atom. The van der Waals surface area contributed by atoms with Gasteiger partial charge in [-0.25, -0.2) is 5.90 Å². The Morgan fingerprint density at radius 1 is 1.36 bits per heavy atom. The summed E-state index contributed by atoms with van der Waals surface area (Å²) in [7, 11) is 0. The van der Waals surface area contributed by atoms with Crippen molar-refractivity contribution in [3.05, 3.63) is 0 Å². The van der Waals surface area contributed by atoms with Gasteiger partial charge in [0.2, 0.25) is 0 Å². The van der Waals surface area contributed by atoms with Crippen molar-refractivity contribution in [1.82, 2.24) is 0 Å². The second kappa shape index (κ2) is 3.87. The fourth-order valence-electron chi connectivity index (χ4n) is 1.99. The zero-order valence-corrected chi connectivity index (χ0v) is 8.88. The summed E-state index contributed by atoms with van der Waals surface area (Å²) < 4.78 is 0. The maximum atomic E-state index is 10.7. The molecule has 1 saturated carbocycles. The summed E-state index contributed by atoms with van der Waals surface area (Å²) in [4.78, 5) is 15.6. The van der Waals surface area contributed by atoms with Crippen molar-refractivity contribution >= 4 is 5.97 Å². The summed E-state index contributed by atoms with van der Waals surface area (Å²) >= 11 is 0. The molecule has 0 spiro atoms. The number of aliphatic carboxylic acids is 1. The average molecular weight is 201 g/mol. The zero-order chi connectivity index (χ0) is 10.8. The van der Waals surface area contributed by atoms with Crippen LogP contribution in [0.15, 0.2) is 0 Å². The minimum atomic E-state index is -0.838. The molecule has 82 valence electrons. The van der Waals surface area contributed by atoms with Crippen molar-refractivity contribution in [2.45, 2.75) is 51.6 Å². The molecular formula is C10H19NO3. The zero-order valence-electron chi connectivity index (χ0n) is 8.88. The van der Waals surface area contributed by atoms with Crippen LogP contribution in [-0.4, -0.2) is 16.7 Å². The smallest absolute Gasteiger partial charge is 0.306 e. The van der Waals surface area contributed by atoms with Crippen LogP contribution in [0.25, 0.3) is 0 Å². The molecule has 0 amide bonds. The van der Waals surface area contributed by atoms with Crippen LogP contribution in [-0.2, 0) is 9.63 Å². The highest BCUT2D eigenvalue weighted by Crippen LogP contribution is 2.42. The lowest BCUT2D eigenvalue weighted by atomic mass is 9.70. The van der Waals surface area contributed by atoms with E-state index < -0.39 is 11.6 Å². The van der Waals surface area contributed by atoms with Crippen molar-refractivity contribution < 1.29 is 14.7 Å². The molecular weight excluding hydrogens is 182 g/mol. The molecule has 0 aromatic heterocycles. The van der Waals surface area contributed by atoms with Crippen LogP contribution in [0.1, 0.15) is 46.0 Å². The minimum absolute atomic E-state index is 0.0135. The van der Waals surface area contributed by atoms with Gasteiger partial charge in [0, 0.05) is 0 Å². The Labute approximate surface area is 84.4 Å². The Hall–Kier alpha value is -0.610. The second-order valence-corrected chi connectivity index (χ2v) is 5.04. The van der Waals surface area contributed by atoms with Crippen LogP contribution in [0.4, 0.5) is 0 Å². The largest absolute Gasteiger partial charge is 0.481 e. The predicted molar refractivity (Wildman–Crippen MR) is 52.5 cm³/mol. The van der Waals surface area contributed by atoms with Gasteiger partial charge in [0.05, 0.1) is 12.0 Å². The summed E-state index contributed by atoms with van der Waals surface area (Å²) in [5, 5.41) is 8.76. The van der Waals surface area contributed by atoms with E-state index in [0.29, 0.717) is 5.41 Å². The average Bonchev–Trinajstić information content (AvgIpc) is 2.09. The van der Waals surface area contributed by atoms with Gasteiger partial charge in [0.1, 0.15) is 0 Å². The van der Waals surface area contributed by atoms with E-state index in [1.165, 1.54) is 0 Å². The first kappa shape index (κ1) is 11.5. The third kappa shape index (κ3) is 2.69. The van der Waals surface area contributed by atoms with E-state index >= 15 is 0 Å². The molecule has 1 aliphatic rings. The van der Waals surface area contributed by atoms with E-state index in [2.05, 4.69) is 13.8 Å². The van der Waals surface area contributed by atoms with E-state index in [-0.39, 0.29) is 6.42 Å². The fourth-order valence-corrected chi connectivity index (χ4v) is 1.99. The molecule has 0 aromatic rings. The molecule has 4 heteroatoms. The van der Waals surface area contributed by atoms with Crippen molar-refractivity contribution in [3.63, 3.8) is 0 Å². The molecule has 14 heavy (non-hydrogen) atoms. The summed E-state index contributed by atoms with van der Waals surface area (Å²) in [5.74, 6) is 4.37. The molecule has 0 radical (unpaired) electrons. The number of hydrogen-bond donors (Lipinski definition) is 2. The van der Waals surface area contributed by atoms with Crippen LogP contribution in [0.5, 0.6) is 0 Å². The number of carbonyl (C=O) groups is 1. The minimum Gasteiger partial charge on any atom is -0.481 e. The Bertz CT molecular complexity index is 215. The molecule has 0 aliphatic heterocycles. The SMILES string of the molecule is CC1(C)CCC(CC(=O)O)(ON)CC1. The first-order valence-corrected chi connectivity index (χ1v) is 4.99. The van der Waals surface area contributed by atoms with E-state index in [0.717, 1.165) is 25.7 Å². The Morgan fingerprint density at radius 2 is 1.86 bits per heavy atom. The summed E-state index contributed by atoms with van der Waals surface area (Å²) in [6.07, 6.45) is 3.43. The Balaban J connectivity index is 2.61. The van der Waals surface area contributed by atoms with Crippen LogP contribution in [0.3, 0.4) is 0 Å². The first-order valence-electron chi connectivity index (χ1n) is 4.99. The lowest BCUT2D eigenvalue weighted by Crippen LogP contribution is -2.43. The van der Waals surface area contributed by atoms with Gasteiger partial charge >= 0.3 is 5.97 Å². The van der Waals surface area contributed by atoms with Crippen molar-refractivity contribution in [2.24, 2.45) is 11.3 Å². The van der Waals surface area contributed by atoms with Crippen LogP contribution < -0.4 is 5.90 Å².